The molecule has 2 unspecified atom stereocenters. The van der Waals surface area contributed by atoms with Gasteiger partial charge in [0.25, 0.3) is 0 Å². The molecule has 0 aliphatic heterocycles. The first kappa shape index (κ1) is 4.37. The minimum absolute atomic E-state index is 0.863. The van der Waals surface area contributed by atoms with Crippen molar-refractivity contribution in [3.63, 3.8) is 0 Å². The molecular formula is C8H10. The first-order chi connectivity index (χ1) is 3.80. The molecule has 2 fully saturated rings. The molecule has 0 amide bonds. The molecule has 2 rings (SSSR count). The van der Waals surface area contributed by atoms with Crippen molar-refractivity contribution in [1.29, 1.82) is 0 Å². The average molecular weight is 106 g/mol. The third-order valence-electron chi connectivity index (χ3n) is 2.58. The molecule has 0 saturated heterocycles. The summed E-state index contributed by atoms with van der Waals surface area (Å²) in [4.78, 5) is 0. The summed E-state index contributed by atoms with van der Waals surface area (Å²) in [6.45, 7) is 7.85. The molecule has 0 spiro atoms. The van der Waals surface area contributed by atoms with Crippen LogP contribution >= 0.6 is 0 Å². The number of rotatable bonds is 0. The van der Waals surface area contributed by atoms with Crippen LogP contribution in [0, 0.1) is 11.8 Å². The van der Waals surface area contributed by atoms with Gasteiger partial charge in [0.15, 0.2) is 0 Å². The van der Waals surface area contributed by atoms with Crippen LogP contribution in [0.2, 0.25) is 0 Å². The van der Waals surface area contributed by atoms with Crippen molar-refractivity contribution < 1.29 is 0 Å². The predicted molar refractivity (Wildman–Crippen MR) is 34.5 cm³/mol. The van der Waals surface area contributed by atoms with Crippen LogP contribution in [0.5, 0.6) is 0 Å². The Morgan fingerprint density at radius 3 is 1.50 bits per heavy atom. The number of allylic oxidation sites excluding steroid dienone is 2. The number of fused-ring (bicyclic) bond motifs is 1. The Balaban J connectivity index is 2.24. The predicted octanol–water partition coefficient (Wildman–Crippen LogP) is 2.14. The Kier molecular flexibility index (Phi) is 0.585. The molecule has 2 saturated carbocycles. The third kappa shape index (κ3) is 0.262. The van der Waals surface area contributed by atoms with E-state index in [2.05, 4.69) is 13.2 Å². The van der Waals surface area contributed by atoms with Crippen LogP contribution in [0.3, 0.4) is 0 Å². The zero-order chi connectivity index (χ0) is 5.72. The molecule has 0 N–H and O–H groups in total. The largest absolute Gasteiger partial charge is 0.0953 e. The van der Waals surface area contributed by atoms with Crippen molar-refractivity contribution in [3.8, 4) is 0 Å². The van der Waals surface area contributed by atoms with Crippen molar-refractivity contribution in [1.82, 2.24) is 0 Å². The molecule has 8 heavy (non-hydrogen) atoms. The molecular weight excluding hydrogens is 96.1 g/mol. The maximum Gasteiger partial charge on any atom is -0.00962 e. The fraction of sp³-hybridized carbons (Fsp3) is 0.500. The SMILES string of the molecule is C=C1C(=C)C2CCC12. The summed E-state index contributed by atoms with van der Waals surface area (Å²) in [5.41, 5.74) is 2.67. The normalized spacial score (nSPS) is 42.5. The Morgan fingerprint density at radius 2 is 1.38 bits per heavy atom. The van der Waals surface area contributed by atoms with Gasteiger partial charge in [0.2, 0.25) is 0 Å². The van der Waals surface area contributed by atoms with Crippen LogP contribution in [-0.2, 0) is 0 Å². The molecule has 2 atom stereocenters. The van der Waals surface area contributed by atoms with E-state index in [1.807, 2.05) is 0 Å². The monoisotopic (exact) mass is 106 g/mol. The first-order valence-electron chi connectivity index (χ1n) is 3.18. The van der Waals surface area contributed by atoms with Crippen LogP contribution in [0.15, 0.2) is 24.3 Å². The Hall–Kier alpha value is -0.520. The van der Waals surface area contributed by atoms with Gasteiger partial charge in [-0.15, -0.1) is 0 Å². The molecule has 2 aliphatic rings. The van der Waals surface area contributed by atoms with E-state index in [4.69, 9.17) is 0 Å². The van der Waals surface area contributed by atoms with Crippen molar-refractivity contribution in [2.24, 2.45) is 11.8 Å². The van der Waals surface area contributed by atoms with E-state index in [9.17, 15) is 0 Å². The van der Waals surface area contributed by atoms with Gasteiger partial charge in [-0.25, -0.2) is 0 Å². The van der Waals surface area contributed by atoms with E-state index < -0.39 is 0 Å². The van der Waals surface area contributed by atoms with Crippen molar-refractivity contribution in [2.75, 3.05) is 0 Å². The summed E-state index contributed by atoms with van der Waals surface area (Å²) in [5.74, 6) is 1.73. The van der Waals surface area contributed by atoms with E-state index >= 15 is 0 Å². The van der Waals surface area contributed by atoms with Gasteiger partial charge < -0.3 is 0 Å². The lowest BCUT2D eigenvalue weighted by molar-refractivity contribution is 0.203. The summed E-state index contributed by atoms with van der Waals surface area (Å²) in [7, 11) is 0. The summed E-state index contributed by atoms with van der Waals surface area (Å²) in [6, 6.07) is 0. The van der Waals surface area contributed by atoms with Gasteiger partial charge in [0.05, 0.1) is 0 Å². The molecule has 0 bridgehead atoms. The molecule has 0 heteroatoms. The minimum Gasteiger partial charge on any atom is -0.0953 e. The summed E-state index contributed by atoms with van der Waals surface area (Å²) >= 11 is 0. The van der Waals surface area contributed by atoms with Gasteiger partial charge in [-0.2, -0.15) is 0 Å². The number of hydrogen-bond acceptors (Lipinski definition) is 0. The molecule has 42 valence electrons. The summed E-state index contributed by atoms with van der Waals surface area (Å²) < 4.78 is 0. The smallest absolute Gasteiger partial charge is 0.00962 e. The second kappa shape index (κ2) is 1.07. The van der Waals surface area contributed by atoms with E-state index in [0.29, 0.717) is 0 Å². The van der Waals surface area contributed by atoms with Crippen LogP contribution in [0.25, 0.3) is 0 Å². The standard InChI is InChI=1S/C8H10/c1-5-6(2)8-4-3-7(5)8/h7-8H,1-4H2. The highest BCUT2D eigenvalue weighted by Crippen LogP contribution is 2.56. The highest BCUT2D eigenvalue weighted by atomic mass is 14.5. The molecule has 0 aromatic heterocycles. The van der Waals surface area contributed by atoms with Crippen molar-refractivity contribution in [3.05, 3.63) is 24.3 Å². The summed E-state index contributed by atoms with van der Waals surface area (Å²) in [6.07, 6.45) is 2.76. The maximum atomic E-state index is 3.92. The maximum absolute atomic E-state index is 3.92. The minimum atomic E-state index is 0.863. The molecule has 0 heterocycles. The Bertz CT molecular complexity index is 145. The quantitative estimate of drug-likeness (QED) is 0.444. The van der Waals surface area contributed by atoms with Crippen LogP contribution in [0.1, 0.15) is 12.8 Å². The average Bonchev–Trinajstić information content (AvgIpc) is 1.64. The summed E-state index contributed by atoms with van der Waals surface area (Å²) in [5, 5.41) is 0. The zero-order valence-electron chi connectivity index (χ0n) is 4.98. The van der Waals surface area contributed by atoms with Gasteiger partial charge >= 0.3 is 0 Å². The molecule has 0 radical (unpaired) electrons. The molecule has 2 aliphatic carbocycles. The Morgan fingerprint density at radius 1 is 1.00 bits per heavy atom. The van der Waals surface area contributed by atoms with Gasteiger partial charge in [-0.05, 0) is 35.8 Å². The lowest BCUT2D eigenvalue weighted by Gasteiger charge is -2.50. The fourth-order valence-electron chi connectivity index (χ4n) is 1.71. The molecule has 0 nitrogen and oxygen atoms in total. The molecule has 0 aromatic carbocycles. The zero-order valence-corrected chi connectivity index (χ0v) is 4.98. The van der Waals surface area contributed by atoms with E-state index in [1.165, 1.54) is 24.0 Å². The van der Waals surface area contributed by atoms with Gasteiger partial charge in [-0.1, -0.05) is 13.2 Å². The first-order valence-corrected chi connectivity index (χ1v) is 3.18. The van der Waals surface area contributed by atoms with Gasteiger partial charge in [0.1, 0.15) is 0 Å². The third-order valence-corrected chi connectivity index (χ3v) is 2.58. The van der Waals surface area contributed by atoms with E-state index in [0.717, 1.165) is 11.8 Å². The Labute approximate surface area is 49.9 Å². The van der Waals surface area contributed by atoms with Crippen LogP contribution in [0.4, 0.5) is 0 Å². The lowest BCUT2D eigenvalue weighted by Crippen LogP contribution is -2.39. The van der Waals surface area contributed by atoms with Crippen molar-refractivity contribution in [2.45, 2.75) is 12.8 Å². The van der Waals surface area contributed by atoms with Crippen LogP contribution < -0.4 is 0 Å². The van der Waals surface area contributed by atoms with Crippen molar-refractivity contribution >= 4 is 0 Å². The second-order valence-electron chi connectivity index (χ2n) is 2.84. The number of hydrogen-bond donors (Lipinski definition) is 0. The van der Waals surface area contributed by atoms with Gasteiger partial charge in [0, 0.05) is 0 Å². The highest BCUT2D eigenvalue weighted by molar-refractivity contribution is 5.45. The van der Waals surface area contributed by atoms with Gasteiger partial charge in [-0.3, -0.25) is 0 Å². The van der Waals surface area contributed by atoms with E-state index in [-0.39, 0.29) is 0 Å². The molecule has 0 aromatic rings. The fourth-order valence-corrected chi connectivity index (χ4v) is 1.71. The van der Waals surface area contributed by atoms with Crippen LogP contribution in [-0.4, -0.2) is 0 Å². The lowest BCUT2D eigenvalue weighted by atomic mass is 9.54. The second-order valence-corrected chi connectivity index (χ2v) is 2.84. The highest BCUT2D eigenvalue weighted by Gasteiger charge is 2.44. The topological polar surface area (TPSA) is 0 Å². The van der Waals surface area contributed by atoms with E-state index in [1.54, 1.807) is 0 Å².